The topological polar surface area (TPSA) is 86.7 Å². The van der Waals surface area contributed by atoms with Crippen molar-refractivity contribution in [2.75, 3.05) is 18.4 Å². The van der Waals surface area contributed by atoms with E-state index in [4.69, 9.17) is 0 Å². The van der Waals surface area contributed by atoms with Gasteiger partial charge in [0.25, 0.3) is 5.91 Å². The van der Waals surface area contributed by atoms with Crippen LogP contribution in [0.3, 0.4) is 0 Å². The van der Waals surface area contributed by atoms with Gasteiger partial charge in [0.15, 0.2) is 17.5 Å². The molecule has 0 aliphatic carbocycles. The number of carbonyl (C=O) groups is 1. The smallest absolute Gasteiger partial charge is 0.255 e. The minimum absolute atomic E-state index is 0.0468. The van der Waals surface area contributed by atoms with Crippen LogP contribution in [0.1, 0.15) is 29.3 Å². The number of carbonyl (C=O) groups excluding carboxylic acids is 1. The van der Waals surface area contributed by atoms with Crippen molar-refractivity contribution in [1.82, 2.24) is 4.31 Å². The Morgan fingerprint density at radius 1 is 1.17 bits per heavy atom. The SMILES string of the molecule is Cc1ccc(C(=O)Nc2cc(F)c(F)c(F)c2)cc1S(=O)(=O)N1CCC(O)C(C)C1. The van der Waals surface area contributed by atoms with Crippen LogP contribution in [0, 0.1) is 30.3 Å². The highest BCUT2D eigenvalue weighted by Crippen LogP contribution is 2.27. The molecule has 162 valence electrons. The van der Waals surface area contributed by atoms with Crippen molar-refractivity contribution < 1.29 is 31.5 Å². The first-order chi connectivity index (χ1) is 14.0. The molecule has 3 rings (SSSR count). The third-order valence-corrected chi connectivity index (χ3v) is 7.14. The third kappa shape index (κ3) is 4.35. The van der Waals surface area contributed by atoms with Gasteiger partial charge in [-0.2, -0.15) is 4.31 Å². The number of aliphatic hydroxyl groups is 1. The van der Waals surface area contributed by atoms with Crippen LogP contribution in [0.5, 0.6) is 0 Å². The molecule has 0 spiro atoms. The number of aryl methyl sites for hydroxylation is 1. The van der Waals surface area contributed by atoms with Gasteiger partial charge < -0.3 is 10.4 Å². The Labute approximate surface area is 172 Å². The summed E-state index contributed by atoms with van der Waals surface area (Å²) in [6, 6.07) is 5.27. The summed E-state index contributed by atoms with van der Waals surface area (Å²) in [6.45, 7) is 3.64. The normalized spacial score (nSPS) is 20.2. The lowest BCUT2D eigenvalue weighted by atomic mass is 9.99. The second-order valence-corrected chi connectivity index (χ2v) is 9.29. The Morgan fingerprint density at radius 2 is 1.80 bits per heavy atom. The largest absolute Gasteiger partial charge is 0.393 e. The number of aliphatic hydroxyl groups excluding tert-OH is 1. The molecule has 1 fully saturated rings. The number of benzene rings is 2. The molecule has 30 heavy (non-hydrogen) atoms. The molecule has 0 aromatic heterocycles. The van der Waals surface area contributed by atoms with Gasteiger partial charge in [-0.15, -0.1) is 0 Å². The standard InChI is InChI=1S/C20H21F3N2O4S/c1-11-3-4-13(20(27)24-14-8-15(21)19(23)16(22)9-14)7-18(11)30(28,29)25-6-5-17(26)12(2)10-25/h3-4,7-9,12,17,26H,5-6,10H2,1-2H3,(H,24,27). The van der Waals surface area contributed by atoms with Crippen LogP contribution in [0.2, 0.25) is 0 Å². The Hall–Kier alpha value is -2.43. The lowest BCUT2D eigenvalue weighted by molar-refractivity contribution is 0.0628. The van der Waals surface area contributed by atoms with Crippen molar-refractivity contribution >= 4 is 21.6 Å². The number of halogens is 3. The molecule has 1 amide bonds. The second kappa shape index (κ2) is 8.37. The molecule has 0 bridgehead atoms. The summed E-state index contributed by atoms with van der Waals surface area (Å²) in [7, 11) is -3.92. The summed E-state index contributed by atoms with van der Waals surface area (Å²) in [5.41, 5.74) is 0.0684. The summed E-state index contributed by atoms with van der Waals surface area (Å²) in [5, 5.41) is 12.1. The van der Waals surface area contributed by atoms with E-state index in [0.717, 1.165) is 0 Å². The molecule has 1 aliphatic heterocycles. The van der Waals surface area contributed by atoms with E-state index in [2.05, 4.69) is 5.32 Å². The molecule has 1 heterocycles. The van der Waals surface area contributed by atoms with E-state index in [1.165, 1.54) is 22.5 Å². The molecule has 6 nitrogen and oxygen atoms in total. The summed E-state index contributed by atoms with van der Waals surface area (Å²) in [6.07, 6.45) is -0.271. The highest BCUT2D eigenvalue weighted by Gasteiger charge is 2.33. The molecule has 2 unspecified atom stereocenters. The number of piperidine rings is 1. The number of hydrogen-bond donors (Lipinski definition) is 2. The van der Waals surface area contributed by atoms with Crippen molar-refractivity contribution in [2.45, 2.75) is 31.3 Å². The maximum Gasteiger partial charge on any atom is 0.255 e. The Balaban J connectivity index is 1.88. The molecule has 0 saturated carbocycles. The zero-order valence-corrected chi connectivity index (χ0v) is 17.1. The first-order valence-electron chi connectivity index (χ1n) is 9.25. The van der Waals surface area contributed by atoms with E-state index in [1.807, 2.05) is 0 Å². The number of anilines is 1. The average Bonchev–Trinajstić information content (AvgIpc) is 2.68. The van der Waals surface area contributed by atoms with E-state index in [-0.39, 0.29) is 35.2 Å². The van der Waals surface area contributed by atoms with Gasteiger partial charge in [-0.3, -0.25) is 4.79 Å². The molecule has 2 aromatic carbocycles. The van der Waals surface area contributed by atoms with Crippen LogP contribution in [-0.4, -0.2) is 42.9 Å². The minimum atomic E-state index is -3.92. The van der Waals surface area contributed by atoms with Gasteiger partial charge in [0.05, 0.1) is 11.0 Å². The van der Waals surface area contributed by atoms with Crippen LogP contribution in [0.15, 0.2) is 35.2 Å². The number of sulfonamides is 1. The Kier molecular flexibility index (Phi) is 6.21. The third-order valence-electron chi connectivity index (χ3n) is 5.13. The highest BCUT2D eigenvalue weighted by atomic mass is 32.2. The Bertz CT molecular complexity index is 1070. The van der Waals surface area contributed by atoms with Gasteiger partial charge in [0.1, 0.15) is 0 Å². The van der Waals surface area contributed by atoms with E-state index >= 15 is 0 Å². The van der Waals surface area contributed by atoms with Crippen LogP contribution in [-0.2, 0) is 10.0 Å². The predicted octanol–water partition coefficient (Wildman–Crippen LogP) is 3.06. The van der Waals surface area contributed by atoms with Gasteiger partial charge in [0, 0.05) is 36.5 Å². The fourth-order valence-electron chi connectivity index (χ4n) is 3.30. The maximum atomic E-state index is 13.4. The molecule has 1 aliphatic rings. The number of rotatable bonds is 4. The fourth-order valence-corrected chi connectivity index (χ4v) is 5.11. The molecule has 10 heteroatoms. The monoisotopic (exact) mass is 442 g/mol. The lowest BCUT2D eigenvalue weighted by Gasteiger charge is -2.33. The summed E-state index contributed by atoms with van der Waals surface area (Å²) >= 11 is 0. The van der Waals surface area contributed by atoms with Crippen LogP contribution in [0.25, 0.3) is 0 Å². The quantitative estimate of drug-likeness (QED) is 0.713. The summed E-state index contributed by atoms with van der Waals surface area (Å²) in [5.74, 6) is -5.61. The molecule has 2 atom stereocenters. The van der Waals surface area contributed by atoms with Gasteiger partial charge in [0.2, 0.25) is 10.0 Å². The summed E-state index contributed by atoms with van der Waals surface area (Å²) in [4.78, 5) is 12.4. The first-order valence-corrected chi connectivity index (χ1v) is 10.7. The number of nitrogens with one attached hydrogen (secondary N) is 1. The van der Waals surface area contributed by atoms with E-state index < -0.39 is 39.5 Å². The van der Waals surface area contributed by atoms with Gasteiger partial charge in [-0.25, -0.2) is 21.6 Å². The molecular weight excluding hydrogens is 421 g/mol. The van der Waals surface area contributed by atoms with Crippen molar-refractivity contribution in [3.05, 3.63) is 58.9 Å². The predicted molar refractivity (Wildman–Crippen MR) is 104 cm³/mol. The van der Waals surface area contributed by atoms with Crippen LogP contribution >= 0.6 is 0 Å². The van der Waals surface area contributed by atoms with Crippen molar-refractivity contribution in [2.24, 2.45) is 5.92 Å². The molecule has 2 aromatic rings. The van der Waals surface area contributed by atoms with E-state index in [9.17, 15) is 31.5 Å². The highest BCUT2D eigenvalue weighted by molar-refractivity contribution is 7.89. The number of hydrogen-bond acceptors (Lipinski definition) is 4. The van der Waals surface area contributed by atoms with Crippen LogP contribution in [0.4, 0.5) is 18.9 Å². The lowest BCUT2D eigenvalue weighted by Crippen LogP contribution is -2.45. The van der Waals surface area contributed by atoms with Crippen molar-refractivity contribution in [1.29, 1.82) is 0 Å². The molecular formula is C20H21F3N2O4S. The van der Waals surface area contributed by atoms with E-state index in [1.54, 1.807) is 13.8 Å². The zero-order chi connectivity index (χ0) is 22.2. The fraction of sp³-hybridized carbons (Fsp3) is 0.350. The average molecular weight is 442 g/mol. The van der Waals surface area contributed by atoms with Gasteiger partial charge >= 0.3 is 0 Å². The van der Waals surface area contributed by atoms with Gasteiger partial charge in [-0.05, 0) is 37.0 Å². The number of amides is 1. The molecule has 1 saturated heterocycles. The van der Waals surface area contributed by atoms with E-state index in [0.29, 0.717) is 24.1 Å². The van der Waals surface area contributed by atoms with Crippen molar-refractivity contribution in [3.63, 3.8) is 0 Å². The maximum absolute atomic E-state index is 13.4. The minimum Gasteiger partial charge on any atom is -0.393 e. The summed E-state index contributed by atoms with van der Waals surface area (Å²) < 4.78 is 67.2. The van der Waals surface area contributed by atoms with Crippen molar-refractivity contribution in [3.8, 4) is 0 Å². The van der Waals surface area contributed by atoms with Gasteiger partial charge in [-0.1, -0.05) is 13.0 Å². The Morgan fingerprint density at radius 3 is 2.40 bits per heavy atom. The molecule has 2 N–H and O–H groups in total. The zero-order valence-electron chi connectivity index (χ0n) is 16.3. The molecule has 0 radical (unpaired) electrons. The van der Waals surface area contributed by atoms with Crippen LogP contribution < -0.4 is 5.32 Å². The first kappa shape index (κ1) is 22.3. The second-order valence-electron chi connectivity index (χ2n) is 7.38. The number of nitrogens with zero attached hydrogens (tertiary/aromatic N) is 1.